The normalized spacial score (nSPS) is 11.0. The molecule has 6 heteroatoms. The minimum Gasteiger partial charge on any atom is -0.427 e. The van der Waals surface area contributed by atoms with Gasteiger partial charge in [0.05, 0.1) is 9.89 Å². The SMILES string of the molecule is CC(C)(C)C(=O)OCOc1ncc(Br)cn1. The lowest BCUT2D eigenvalue weighted by Crippen LogP contribution is -2.24. The molecule has 0 radical (unpaired) electrons. The van der Waals surface area contributed by atoms with Crippen LogP contribution in [0.4, 0.5) is 0 Å². The summed E-state index contributed by atoms with van der Waals surface area (Å²) >= 11 is 3.20. The van der Waals surface area contributed by atoms with Gasteiger partial charge in [-0.3, -0.25) is 4.79 Å². The summed E-state index contributed by atoms with van der Waals surface area (Å²) in [6, 6.07) is 0.171. The van der Waals surface area contributed by atoms with Crippen molar-refractivity contribution >= 4 is 21.9 Å². The first-order chi connectivity index (χ1) is 7.39. The molecule has 1 aromatic heterocycles. The summed E-state index contributed by atoms with van der Waals surface area (Å²) in [6.07, 6.45) is 3.10. The topological polar surface area (TPSA) is 61.3 Å². The molecule has 0 saturated heterocycles. The predicted molar refractivity (Wildman–Crippen MR) is 60.8 cm³/mol. The van der Waals surface area contributed by atoms with Crippen LogP contribution in [0.1, 0.15) is 20.8 Å². The second-order valence-corrected chi connectivity index (χ2v) is 5.04. The first kappa shape index (κ1) is 12.9. The number of rotatable bonds is 3. The minimum atomic E-state index is -0.538. The molecule has 0 aromatic carbocycles. The van der Waals surface area contributed by atoms with Gasteiger partial charge in [-0.25, -0.2) is 9.97 Å². The molecule has 1 rings (SSSR count). The highest BCUT2D eigenvalue weighted by molar-refractivity contribution is 9.10. The van der Waals surface area contributed by atoms with Crippen LogP contribution in [0.25, 0.3) is 0 Å². The number of nitrogens with zero attached hydrogens (tertiary/aromatic N) is 2. The molecule has 1 heterocycles. The number of esters is 1. The Morgan fingerprint density at radius 3 is 2.44 bits per heavy atom. The van der Waals surface area contributed by atoms with E-state index in [9.17, 15) is 4.79 Å². The molecule has 88 valence electrons. The molecule has 0 amide bonds. The Morgan fingerprint density at radius 2 is 1.94 bits per heavy atom. The van der Waals surface area contributed by atoms with Crippen molar-refractivity contribution in [1.29, 1.82) is 0 Å². The van der Waals surface area contributed by atoms with Crippen LogP contribution in [0, 0.1) is 5.41 Å². The molecule has 0 saturated carbocycles. The average Bonchev–Trinajstić information content (AvgIpc) is 2.19. The fourth-order valence-corrected chi connectivity index (χ4v) is 0.932. The van der Waals surface area contributed by atoms with Crippen molar-refractivity contribution in [2.45, 2.75) is 20.8 Å². The van der Waals surface area contributed by atoms with Crippen LogP contribution in [0.2, 0.25) is 0 Å². The molecule has 16 heavy (non-hydrogen) atoms. The Labute approximate surface area is 102 Å². The summed E-state index contributed by atoms with van der Waals surface area (Å²) in [5.74, 6) is -0.329. The fraction of sp³-hybridized carbons (Fsp3) is 0.500. The molecule has 0 aliphatic carbocycles. The van der Waals surface area contributed by atoms with Crippen LogP contribution < -0.4 is 4.74 Å². The van der Waals surface area contributed by atoms with Gasteiger partial charge >= 0.3 is 12.0 Å². The third kappa shape index (κ3) is 4.14. The summed E-state index contributed by atoms with van der Waals surface area (Å²) < 4.78 is 10.7. The van der Waals surface area contributed by atoms with Gasteiger partial charge in [0.25, 0.3) is 0 Å². The molecule has 0 bridgehead atoms. The second-order valence-electron chi connectivity index (χ2n) is 4.13. The van der Waals surface area contributed by atoms with Gasteiger partial charge in [-0.15, -0.1) is 0 Å². The first-order valence-corrected chi connectivity index (χ1v) is 5.46. The first-order valence-electron chi connectivity index (χ1n) is 4.67. The molecule has 0 atom stereocenters. The Morgan fingerprint density at radius 1 is 1.38 bits per heavy atom. The standard InChI is InChI=1S/C10H13BrN2O3/c1-10(2,3)8(14)15-6-16-9-12-4-7(11)5-13-9/h4-5H,6H2,1-3H3. The van der Waals surface area contributed by atoms with Crippen molar-refractivity contribution < 1.29 is 14.3 Å². The van der Waals surface area contributed by atoms with Crippen LogP contribution >= 0.6 is 15.9 Å². The van der Waals surface area contributed by atoms with E-state index in [1.54, 1.807) is 33.2 Å². The van der Waals surface area contributed by atoms with Crippen molar-refractivity contribution in [3.8, 4) is 6.01 Å². The van der Waals surface area contributed by atoms with E-state index in [2.05, 4.69) is 25.9 Å². The zero-order valence-electron chi connectivity index (χ0n) is 9.36. The van der Waals surface area contributed by atoms with E-state index < -0.39 is 5.41 Å². The van der Waals surface area contributed by atoms with Gasteiger partial charge in [0.2, 0.25) is 6.79 Å². The smallest absolute Gasteiger partial charge is 0.319 e. The highest BCUT2D eigenvalue weighted by Crippen LogP contribution is 2.15. The number of halogens is 1. The summed E-state index contributed by atoms with van der Waals surface area (Å²) in [6.45, 7) is 5.13. The number of carbonyl (C=O) groups excluding carboxylic acids is 1. The van der Waals surface area contributed by atoms with Crippen LogP contribution in [-0.2, 0) is 9.53 Å². The molecule has 0 N–H and O–H groups in total. The van der Waals surface area contributed by atoms with E-state index in [1.165, 1.54) is 0 Å². The van der Waals surface area contributed by atoms with Crippen LogP contribution in [0.15, 0.2) is 16.9 Å². The summed E-state index contributed by atoms with van der Waals surface area (Å²) in [4.78, 5) is 19.1. The maximum Gasteiger partial charge on any atom is 0.319 e. The maximum atomic E-state index is 11.4. The Balaban J connectivity index is 2.36. The molecule has 0 unspecified atom stereocenters. The monoisotopic (exact) mass is 288 g/mol. The van der Waals surface area contributed by atoms with E-state index in [4.69, 9.17) is 9.47 Å². The largest absolute Gasteiger partial charge is 0.427 e. The lowest BCUT2D eigenvalue weighted by atomic mass is 9.98. The van der Waals surface area contributed by atoms with Crippen molar-refractivity contribution in [2.24, 2.45) is 5.41 Å². The lowest BCUT2D eigenvalue weighted by Gasteiger charge is -2.16. The average molecular weight is 289 g/mol. The van der Waals surface area contributed by atoms with Gasteiger partial charge in [-0.1, -0.05) is 0 Å². The van der Waals surface area contributed by atoms with E-state index in [0.717, 1.165) is 4.47 Å². The zero-order chi connectivity index (χ0) is 12.2. The van der Waals surface area contributed by atoms with Crippen LogP contribution in [0.5, 0.6) is 6.01 Å². The van der Waals surface area contributed by atoms with Gasteiger partial charge in [-0.2, -0.15) is 0 Å². The van der Waals surface area contributed by atoms with Crippen molar-refractivity contribution in [2.75, 3.05) is 6.79 Å². The molecule has 0 spiro atoms. The number of aromatic nitrogens is 2. The number of ether oxygens (including phenoxy) is 2. The van der Waals surface area contributed by atoms with Crippen molar-refractivity contribution in [1.82, 2.24) is 9.97 Å². The fourth-order valence-electron chi connectivity index (χ4n) is 0.727. The summed E-state index contributed by atoms with van der Waals surface area (Å²) in [5, 5.41) is 0. The number of hydrogen-bond acceptors (Lipinski definition) is 5. The van der Waals surface area contributed by atoms with Crippen molar-refractivity contribution in [3.63, 3.8) is 0 Å². The minimum absolute atomic E-state index is 0.171. The van der Waals surface area contributed by atoms with Crippen LogP contribution in [0.3, 0.4) is 0 Å². The Bertz CT molecular complexity index is 359. The predicted octanol–water partition coefficient (Wildman–Crippen LogP) is 2.16. The number of hydrogen-bond donors (Lipinski definition) is 0. The third-order valence-electron chi connectivity index (χ3n) is 1.59. The van der Waals surface area contributed by atoms with Gasteiger partial charge in [0, 0.05) is 12.4 Å². The molecule has 0 aliphatic rings. The van der Waals surface area contributed by atoms with Gasteiger partial charge < -0.3 is 9.47 Å². The van der Waals surface area contributed by atoms with E-state index in [1.807, 2.05) is 0 Å². The molecule has 0 aliphatic heterocycles. The van der Waals surface area contributed by atoms with Gasteiger partial charge in [0.1, 0.15) is 0 Å². The Kier molecular flexibility index (Phi) is 4.23. The number of carbonyl (C=O) groups is 1. The molecular weight excluding hydrogens is 276 g/mol. The van der Waals surface area contributed by atoms with E-state index >= 15 is 0 Å². The molecule has 1 aromatic rings. The molecular formula is C10H13BrN2O3. The van der Waals surface area contributed by atoms with E-state index in [0.29, 0.717) is 0 Å². The maximum absolute atomic E-state index is 11.4. The molecule has 5 nitrogen and oxygen atoms in total. The quantitative estimate of drug-likeness (QED) is 0.630. The van der Waals surface area contributed by atoms with E-state index in [-0.39, 0.29) is 18.8 Å². The highest BCUT2D eigenvalue weighted by Gasteiger charge is 2.23. The van der Waals surface area contributed by atoms with Gasteiger partial charge in [-0.05, 0) is 36.7 Å². The lowest BCUT2D eigenvalue weighted by molar-refractivity contribution is -0.159. The van der Waals surface area contributed by atoms with Crippen molar-refractivity contribution in [3.05, 3.63) is 16.9 Å². The van der Waals surface area contributed by atoms with Crippen LogP contribution in [-0.4, -0.2) is 22.7 Å². The zero-order valence-corrected chi connectivity index (χ0v) is 10.9. The Hall–Kier alpha value is -1.17. The third-order valence-corrected chi connectivity index (χ3v) is 2.00. The van der Waals surface area contributed by atoms with Gasteiger partial charge in [0.15, 0.2) is 0 Å². The molecule has 0 fully saturated rings. The summed E-state index contributed by atoms with van der Waals surface area (Å²) in [5.41, 5.74) is -0.538. The second kappa shape index (κ2) is 5.25. The summed E-state index contributed by atoms with van der Waals surface area (Å²) in [7, 11) is 0. The highest BCUT2D eigenvalue weighted by atomic mass is 79.9.